The number of hydrogen-bond acceptors (Lipinski definition) is 2. The molecule has 1 aliphatic carbocycles. The maximum absolute atomic E-state index is 6.80. The summed E-state index contributed by atoms with van der Waals surface area (Å²) in [4.78, 5) is 0. The summed E-state index contributed by atoms with van der Waals surface area (Å²) >= 11 is 0. The van der Waals surface area contributed by atoms with Gasteiger partial charge < -0.3 is 10.5 Å². The smallest absolute Gasteiger partial charge is 0.0468 e. The van der Waals surface area contributed by atoms with E-state index in [1.165, 1.54) is 38.5 Å². The van der Waals surface area contributed by atoms with Crippen LogP contribution in [0.3, 0.4) is 0 Å². The molecule has 0 aromatic rings. The van der Waals surface area contributed by atoms with E-state index >= 15 is 0 Å². The molecule has 18 heavy (non-hydrogen) atoms. The Morgan fingerprint density at radius 1 is 0.944 bits per heavy atom. The van der Waals surface area contributed by atoms with Crippen LogP contribution in [0, 0.1) is 16.7 Å². The molecular weight excluding hydrogens is 222 g/mol. The molecule has 0 bridgehead atoms. The molecule has 0 amide bonds. The molecule has 1 aliphatic heterocycles. The SMILES string of the molecule is CC1(C)CC(C)(C)CC(N)(CC2CCOCC2)C1. The van der Waals surface area contributed by atoms with Crippen molar-refractivity contribution in [3.63, 3.8) is 0 Å². The van der Waals surface area contributed by atoms with Crippen molar-refractivity contribution in [1.82, 2.24) is 0 Å². The Morgan fingerprint density at radius 2 is 1.44 bits per heavy atom. The van der Waals surface area contributed by atoms with Crippen LogP contribution in [0.5, 0.6) is 0 Å². The third kappa shape index (κ3) is 3.71. The molecule has 2 rings (SSSR count). The second-order valence-corrected chi connectivity index (χ2v) is 8.48. The van der Waals surface area contributed by atoms with Gasteiger partial charge in [0, 0.05) is 18.8 Å². The summed E-state index contributed by atoms with van der Waals surface area (Å²) in [5.74, 6) is 0.786. The standard InChI is InChI=1S/C16H31NO/c1-14(2)10-15(3,4)12-16(17,11-14)9-13-5-7-18-8-6-13/h13H,5-12,17H2,1-4H3. The summed E-state index contributed by atoms with van der Waals surface area (Å²) in [6, 6.07) is 0. The van der Waals surface area contributed by atoms with Crippen LogP contribution >= 0.6 is 0 Å². The molecule has 1 saturated heterocycles. The van der Waals surface area contributed by atoms with Crippen molar-refractivity contribution in [3.05, 3.63) is 0 Å². The van der Waals surface area contributed by atoms with E-state index in [0.29, 0.717) is 10.8 Å². The largest absolute Gasteiger partial charge is 0.381 e. The second kappa shape index (κ2) is 4.79. The van der Waals surface area contributed by atoms with Crippen LogP contribution in [0.1, 0.15) is 66.2 Å². The van der Waals surface area contributed by atoms with E-state index in [2.05, 4.69) is 27.7 Å². The molecule has 1 saturated carbocycles. The third-order valence-corrected chi connectivity index (χ3v) is 4.65. The molecule has 0 unspecified atom stereocenters. The summed E-state index contributed by atoms with van der Waals surface area (Å²) in [6.07, 6.45) is 7.27. The van der Waals surface area contributed by atoms with E-state index in [9.17, 15) is 0 Å². The minimum atomic E-state index is 0.0489. The summed E-state index contributed by atoms with van der Waals surface area (Å²) in [7, 11) is 0. The van der Waals surface area contributed by atoms with Crippen LogP contribution in [0.25, 0.3) is 0 Å². The van der Waals surface area contributed by atoms with Gasteiger partial charge in [0.2, 0.25) is 0 Å². The van der Waals surface area contributed by atoms with Gasteiger partial charge in [0.1, 0.15) is 0 Å². The third-order valence-electron chi connectivity index (χ3n) is 4.65. The second-order valence-electron chi connectivity index (χ2n) is 8.48. The Kier molecular flexibility index (Phi) is 3.81. The van der Waals surface area contributed by atoms with Crippen molar-refractivity contribution in [2.45, 2.75) is 71.8 Å². The van der Waals surface area contributed by atoms with Crippen molar-refractivity contribution in [2.24, 2.45) is 22.5 Å². The first-order valence-electron chi connectivity index (χ1n) is 7.57. The Bertz CT molecular complexity index is 273. The van der Waals surface area contributed by atoms with Gasteiger partial charge in [-0.2, -0.15) is 0 Å². The first-order valence-corrected chi connectivity index (χ1v) is 7.57. The van der Waals surface area contributed by atoms with Crippen LogP contribution < -0.4 is 5.73 Å². The Balaban J connectivity index is 2.04. The van der Waals surface area contributed by atoms with E-state index in [-0.39, 0.29) is 5.54 Å². The van der Waals surface area contributed by atoms with Crippen molar-refractivity contribution >= 4 is 0 Å². The van der Waals surface area contributed by atoms with Crippen LogP contribution in [-0.2, 0) is 4.74 Å². The highest BCUT2D eigenvalue weighted by atomic mass is 16.5. The van der Waals surface area contributed by atoms with Crippen LogP contribution in [-0.4, -0.2) is 18.8 Å². The van der Waals surface area contributed by atoms with E-state index < -0.39 is 0 Å². The van der Waals surface area contributed by atoms with Crippen molar-refractivity contribution in [1.29, 1.82) is 0 Å². The van der Waals surface area contributed by atoms with Crippen LogP contribution in [0.15, 0.2) is 0 Å². The van der Waals surface area contributed by atoms with Crippen molar-refractivity contribution in [3.8, 4) is 0 Å². The molecule has 2 nitrogen and oxygen atoms in total. The number of rotatable bonds is 2. The molecule has 0 radical (unpaired) electrons. The highest BCUT2D eigenvalue weighted by Crippen LogP contribution is 2.51. The minimum Gasteiger partial charge on any atom is -0.381 e. The maximum atomic E-state index is 6.80. The molecular formula is C16H31NO. The van der Waals surface area contributed by atoms with Gasteiger partial charge in [0.15, 0.2) is 0 Å². The van der Waals surface area contributed by atoms with E-state index in [1.54, 1.807) is 0 Å². The molecule has 106 valence electrons. The molecule has 0 aromatic heterocycles. The fraction of sp³-hybridized carbons (Fsp3) is 1.00. The lowest BCUT2D eigenvalue weighted by atomic mass is 9.57. The van der Waals surface area contributed by atoms with Gasteiger partial charge in [-0.3, -0.25) is 0 Å². The highest BCUT2D eigenvalue weighted by molar-refractivity contribution is 5.01. The lowest BCUT2D eigenvalue weighted by Gasteiger charge is -2.51. The Hall–Kier alpha value is -0.0800. The first-order chi connectivity index (χ1) is 8.20. The fourth-order valence-electron chi connectivity index (χ4n) is 5.06. The summed E-state index contributed by atoms with van der Waals surface area (Å²) < 4.78 is 5.46. The molecule has 0 spiro atoms. The van der Waals surface area contributed by atoms with Gasteiger partial charge in [-0.1, -0.05) is 27.7 Å². The zero-order valence-electron chi connectivity index (χ0n) is 12.7. The van der Waals surface area contributed by atoms with Gasteiger partial charge in [0.05, 0.1) is 0 Å². The topological polar surface area (TPSA) is 35.2 Å². The summed E-state index contributed by atoms with van der Waals surface area (Å²) in [6.45, 7) is 11.4. The lowest BCUT2D eigenvalue weighted by Crippen LogP contribution is -2.53. The summed E-state index contributed by atoms with van der Waals surface area (Å²) in [5, 5.41) is 0. The zero-order chi connectivity index (χ0) is 13.4. The molecule has 2 aliphatic rings. The van der Waals surface area contributed by atoms with Crippen molar-refractivity contribution < 1.29 is 4.74 Å². The predicted octanol–water partition coefficient (Wildman–Crippen LogP) is 3.74. The quantitative estimate of drug-likeness (QED) is 0.813. The molecule has 1 heterocycles. The van der Waals surface area contributed by atoms with Crippen LogP contribution in [0.4, 0.5) is 0 Å². The van der Waals surface area contributed by atoms with Gasteiger partial charge in [0.25, 0.3) is 0 Å². The monoisotopic (exact) mass is 253 g/mol. The normalized spacial score (nSPS) is 31.2. The average Bonchev–Trinajstić information content (AvgIpc) is 2.11. The molecule has 2 fully saturated rings. The Labute approximate surface area is 113 Å². The number of ether oxygens (including phenoxy) is 1. The van der Waals surface area contributed by atoms with E-state index in [0.717, 1.165) is 19.1 Å². The highest BCUT2D eigenvalue weighted by Gasteiger charge is 2.45. The molecule has 0 atom stereocenters. The predicted molar refractivity (Wildman–Crippen MR) is 76.5 cm³/mol. The molecule has 0 aromatic carbocycles. The molecule has 2 heteroatoms. The fourth-order valence-corrected chi connectivity index (χ4v) is 5.06. The average molecular weight is 253 g/mol. The number of hydrogen-bond donors (Lipinski definition) is 1. The van der Waals surface area contributed by atoms with Gasteiger partial charge >= 0.3 is 0 Å². The van der Waals surface area contributed by atoms with Crippen LogP contribution in [0.2, 0.25) is 0 Å². The van der Waals surface area contributed by atoms with Gasteiger partial charge in [-0.05, 0) is 55.3 Å². The minimum absolute atomic E-state index is 0.0489. The van der Waals surface area contributed by atoms with Gasteiger partial charge in [-0.15, -0.1) is 0 Å². The summed E-state index contributed by atoms with van der Waals surface area (Å²) in [5.41, 5.74) is 7.63. The zero-order valence-corrected chi connectivity index (χ0v) is 12.7. The van der Waals surface area contributed by atoms with E-state index in [4.69, 9.17) is 10.5 Å². The lowest BCUT2D eigenvalue weighted by molar-refractivity contribution is 0.0131. The number of nitrogens with two attached hydrogens (primary N) is 1. The van der Waals surface area contributed by atoms with E-state index in [1.807, 2.05) is 0 Å². The van der Waals surface area contributed by atoms with Gasteiger partial charge in [-0.25, -0.2) is 0 Å². The Morgan fingerprint density at radius 3 is 1.94 bits per heavy atom. The molecule has 2 N–H and O–H groups in total. The van der Waals surface area contributed by atoms with Crippen molar-refractivity contribution in [2.75, 3.05) is 13.2 Å². The first kappa shape index (κ1) is 14.3. The maximum Gasteiger partial charge on any atom is 0.0468 e.